The second kappa shape index (κ2) is 6.95. The largest absolute Gasteiger partial charge is 0.459 e. The van der Waals surface area contributed by atoms with Gasteiger partial charge in [0.15, 0.2) is 5.76 Å². The lowest BCUT2D eigenvalue weighted by atomic mass is 10.1. The molecule has 1 aliphatic heterocycles. The number of aromatic nitrogens is 4. The van der Waals surface area contributed by atoms with E-state index in [-0.39, 0.29) is 17.5 Å². The van der Waals surface area contributed by atoms with Crippen LogP contribution in [0.15, 0.2) is 22.8 Å². The molecule has 1 fully saturated rings. The number of furan rings is 1. The van der Waals surface area contributed by atoms with Crippen molar-refractivity contribution in [3.8, 4) is 0 Å². The number of piperazine rings is 1. The van der Waals surface area contributed by atoms with Crippen molar-refractivity contribution in [1.29, 1.82) is 0 Å². The molecule has 0 saturated carbocycles. The predicted molar refractivity (Wildman–Crippen MR) is 91.2 cm³/mol. The van der Waals surface area contributed by atoms with E-state index in [9.17, 15) is 4.79 Å². The Morgan fingerprint density at radius 3 is 2.64 bits per heavy atom. The van der Waals surface area contributed by atoms with Crippen LogP contribution >= 0.6 is 0 Å². The molecule has 2 aromatic rings. The molecular formula is C17H27N6O2+. The summed E-state index contributed by atoms with van der Waals surface area (Å²) in [4.78, 5) is 15.7. The summed E-state index contributed by atoms with van der Waals surface area (Å²) in [6.45, 7) is 11.7. The van der Waals surface area contributed by atoms with Crippen LogP contribution in [-0.2, 0) is 5.54 Å². The molecule has 136 valence electrons. The van der Waals surface area contributed by atoms with Crippen molar-refractivity contribution in [1.82, 2.24) is 25.1 Å². The van der Waals surface area contributed by atoms with Crippen molar-refractivity contribution in [2.45, 2.75) is 45.7 Å². The van der Waals surface area contributed by atoms with Crippen molar-refractivity contribution in [2.75, 3.05) is 26.2 Å². The Kier molecular flexibility index (Phi) is 4.89. The highest BCUT2D eigenvalue weighted by molar-refractivity contribution is 5.91. The van der Waals surface area contributed by atoms with Crippen molar-refractivity contribution in [3.63, 3.8) is 0 Å². The second-order valence-electron chi connectivity index (χ2n) is 7.51. The molecule has 3 heterocycles. The number of nitrogens with one attached hydrogen (secondary N) is 1. The number of hydrogen-bond donors (Lipinski definition) is 1. The molecule has 25 heavy (non-hydrogen) atoms. The van der Waals surface area contributed by atoms with Gasteiger partial charge in [0, 0.05) is 6.42 Å². The monoisotopic (exact) mass is 347 g/mol. The fraction of sp³-hybridized carbons (Fsp3) is 0.647. The van der Waals surface area contributed by atoms with Gasteiger partial charge in [0.25, 0.3) is 5.91 Å². The van der Waals surface area contributed by atoms with Gasteiger partial charge in [-0.25, -0.2) is 4.68 Å². The first-order chi connectivity index (χ1) is 11.9. The average Bonchev–Trinajstić information content (AvgIpc) is 3.27. The van der Waals surface area contributed by atoms with Gasteiger partial charge in [0.2, 0.25) is 5.82 Å². The summed E-state index contributed by atoms with van der Waals surface area (Å²) in [5.74, 6) is 1.31. The topological polar surface area (TPSA) is 81.5 Å². The van der Waals surface area contributed by atoms with E-state index in [1.54, 1.807) is 12.1 Å². The fourth-order valence-electron chi connectivity index (χ4n) is 3.44. The zero-order valence-electron chi connectivity index (χ0n) is 15.4. The minimum Gasteiger partial charge on any atom is -0.459 e. The van der Waals surface area contributed by atoms with E-state index >= 15 is 0 Å². The molecule has 1 amide bonds. The standard InChI is InChI=1S/C17H26N6O2/c1-5-13(15-18-19-20-23(15)17(2,3)4)21-8-10-22(11-9-21)16(24)14-7-6-12-25-14/h6-7,12-13H,5,8-11H2,1-4H3/p+1/t13-/m1/s1. The van der Waals surface area contributed by atoms with Gasteiger partial charge in [-0.2, -0.15) is 0 Å². The van der Waals surface area contributed by atoms with Crippen molar-refractivity contribution < 1.29 is 14.1 Å². The van der Waals surface area contributed by atoms with Crippen molar-refractivity contribution in [3.05, 3.63) is 30.0 Å². The molecule has 0 bridgehead atoms. The van der Waals surface area contributed by atoms with E-state index in [4.69, 9.17) is 4.42 Å². The first kappa shape index (κ1) is 17.6. The maximum absolute atomic E-state index is 12.4. The summed E-state index contributed by atoms with van der Waals surface area (Å²) >= 11 is 0. The average molecular weight is 347 g/mol. The van der Waals surface area contributed by atoms with Gasteiger partial charge in [0.1, 0.15) is 6.04 Å². The highest BCUT2D eigenvalue weighted by atomic mass is 16.3. The van der Waals surface area contributed by atoms with Crippen LogP contribution in [0.1, 0.15) is 56.5 Å². The normalized spacial score (nSPS) is 17.7. The Morgan fingerprint density at radius 1 is 1.36 bits per heavy atom. The van der Waals surface area contributed by atoms with Gasteiger partial charge in [0.05, 0.1) is 38.0 Å². The Bertz CT molecular complexity index is 695. The van der Waals surface area contributed by atoms with Crippen LogP contribution in [0, 0.1) is 0 Å². The fourth-order valence-corrected chi connectivity index (χ4v) is 3.44. The van der Waals surface area contributed by atoms with Gasteiger partial charge in [-0.1, -0.05) is 6.92 Å². The van der Waals surface area contributed by atoms with Gasteiger partial charge >= 0.3 is 0 Å². The van der Waals surface area contributed by atoms with E-state index in [0.717, 1.165) is 25.3 Å². The molecule has 2 aromatic heterocycles. The number of tetrazole rings is 1. The number of carbonyl (C=O) groups excluding carboxylic acids is 1. The summed E-state index contributed by atoms with van der Waals surface area (Å²) in [6.07, 6.45) is 2.49. The summed E-state index contributed by atoms with van der Waals surface area (Å²) in [7, 11) is 0. The quantitative estimate of drug-likeness (QED) is 0.872. The second-order valence-corrected chi connectivity index (χ2v) is 7.51. The number of rotatable bonds is 4. The van der Waals surface area contributed by atoms with E-state index in [1.807, 2.05) is 9.58 Å². The van der Waals surface area contributed by atoms with Crippen LogP contribution in [0.5, 0.6) is 0 Å². The molecule has 3 rings (SSSR count). The summed E-state index contributed by atoms with van der Waals surface area (Å²) < 4.78 is 7.15. The molecule has 1 N–H and O–H groups in total. The summed E-state index contributed by atoms with van der Waals surface area (Å²) in [6, 6.07) is 3.69. The maximum Gasteiger partial charge on any atom is 0.289 e. The molecule has 0 spiro atoms. The molecule has 0 radical (unpaired) electrons. The molecule has 8 heteroatoms. The molecule has 1 atom stereocenters. The zero-order chi connectivity index (χ0) is 18.0. The Hall–Kier alpha value is -2.22. The minimum absolute atomic E-state index is 0.0309. The molecular weight excluding hydrogens is 320 g/mol. The smallest absolute Gasteiger partial charge is 0.289 e. The highest BCUT2D eigenvalue weighted by Gasteiger charge is 2.35. The molecule has 1 aliphatic rings. The van der Waals surface area contributed by atoms with Crippen molar-refractivity contribution >= 4 is 5.91 Å². The third-order valence-electron chi connectivity index (χ3n) is 4.77. The Balaban J connectivity index is 1.69. The van der Waals surface area contributed by atoms with Gasteiger partial charge in [-0.05, 0) is 43.3 Å². The van der Waals surface area contributed by atoms with Crippen molar-refractivity contribution in [2.24, 2.45) is 0 Å². The van der Waals surface area contributed by atoms with Gasteiger partial charge in [-0.15, -0.1) is 5.10 Å². The van der Waals surface area contributed by atoms with E-state index in [1.165, 1.54) is 11.2 Å². The molecule has 0 aliphatic carbocycles. The number of amides is 1. The highest BCUT2D eigenvalue weighted by Crippen LogP contribution is 2.19. The van der Waals surface area contributed by atoms with Crippen LogP contribution in [0.4, 0.5) is 0 Å². The van der Waals surface area contributed by atoms with Gasteiger partial charge < -0.3 is 14.2 Å². The van der Waals surface area contributed by atoms with E-state index < -0.39 is 0 Å². The molecule has 0 aromatic carbocycles. The van der Waals surface area contributed by atoms with E-state index in [2.05, 4.69) is 43.2 Å². The van der Waals surface area contributed by atoms with Crippen LogP contribution in [0.3, 0.4) is 0 Å². The molecule has 8 nitrogen and oxygen atoms in total. The third-order valence-corrected chi connectivity index (χ3v) is 4.77. The minimum atomic E-state index is -0.150. The van der Waals surface area contributed by atoms with Gasteiger partial charge in [-0.3, -0.25) is 4.79 Å². The number of nitrogens with zero attached hydrogens (tertiary/aromatic N) is 5. The Labute approximate surface area is 147 Å². The van der Waals surface area contributed by atoms with E-state index in [0.29, 0.717) is 18.8 Å². The maximum atomic E-state index is 12.4. The van der Waals surface area contributed by atoms with Crippen LogP contribution in [-0.4, -0.2) is 57.2 Å². The zero-order valence-corrected chi connectivity index (χ0v) is 15.4. The number of quaternary nitrogens is 1. The lowest BCUT2D eigenvalue weighted by Crippen LogP contribution is -3.15. The summed E-state index contributed by atoms with van der Waals surface area (Å²) in [5.41, 5.74) is -0.150. The lowest BCUT2D eigenvalue weighted by Gasteiger charge is -2.36. The van der Waals surface area contributed by atoms with Crippen LogP contribution < -0.4 is 4.90 Å². The predicted octanol–water partition coefficient (Wildman–Crippen LogP) is 0.513. The summed E-state index contributed by atoms with van der Waals surface area (Å²) in [5, 5.41) is 12.4. The number of hydrogen-bond acceptors (Lipinski definition) is 5. The number of carbonyl (C=O) groups is 1. The Morgan fingerprint density at radius 2 is 2.08 bits per heavy atom. The molecule has 1 saturated heterocycles. The first-order valence-corrected chi connectivity index (χ1v) is 8.88. The first-order valence-electron chi connectivity index (χ1n) is 8.88. The van der Waals surface area contributed by atoms with Crippen LogP contribution in [0.2, 0.25) is 0 Å². The third kappa shape index (κ3) is 3.58. The lowest BCUT2D eigenvalue weighted by molar-refractivity contribution is -0.936. The van der Waals surface area contributed by atoms with Crippen LogP contribution in [0.25, 0.3) is 0 Å². The molecule has 0 unspecified atom stereocenters. The SMILES string of the molecule is CC[C@H](c1nnnn1C(C)(C)C)[NH+]1CCN(C(=O)c2ccco2)CC1.